The van der Waals surface area contributed by atoms with Crippen molar-refractivity contribution in [2.24, 2.45) is 0 Å². The molecule has 5 nitrogen and oxygen atoms in total. The Balaban J connectivity index is 2.25. The molecule has 1 atom stereocenters. The zero-order valence-electron chi connectivity index (χ0n) is 9.20. The van der Waals surface area contributed by atoms with Crippen LogP contribution in [0, 0.1) is 0 Å². The third-order valence-corrected chi connectivity index (χ3v) is 2.95. The number of anilines is 1. The Bertz CT molecular complexity index is 587. The van der Waals surface area contributed by atoms with Gasteiger partial charge in [-0.3, -0.25) is 14.0 Å². The third kappa shape index (κ3) is 2.79. The standard InChI is InChI=1S/C12H10N2O3S/c15-12(9-4-3-7-13-8-9)14-10-5-1-2-6-11(10)18(16)17/h1-8H,(H,14,15)(H,16,17)/p-1. The van der Waals surface area contributed by atoms with E-state index in [0.29, 0.717) is 5.56 Å². The Labute approximate surface area is 106 Å². The van der Waals surface area contributed by atoms with Crippen LogP contribution in [0.5, 0.6) is 0 Å². The van der Waals surface area contributed by atoms with Gasteiger partial charge in [0.2, 0.25) is 0 Å². The van der Waals surface area contributed by atoms with Crippen LogP contribution in [0.2, 0.25) is 0 Å². The molecule has 92 valence electrons. The maximum atomic E-state index is 11.8. The molecule has 6 heteroatoms. The molecule has 1 aromatic heterocycles. The van der Waals surface area contributed by atoms with Crippen molar-refractivity contribution in [3.8, 4) is 0 Å². The van der Waals surface area contributed by atoms with Crippen molar-refractivity contribution < 1.29 is 13.6 Å². The van der Waals surface area contributed by atoms with Gasteiger partial charge in [0.25, 0.3) is 5.91 Å². The van der Waals surface area contributed by atoms with E-state index in [2.05, 4.69) is 10.3 Å². The Morgan fingerprint density at radius 3 is 2.67 bits per heavy atom. The summed E-state index contributed by atoms with van der Waals surface area (Å²) in [7, 11) is 0. The number of para-hydroxylation sites is 1. The summed E-state index contributed by atoms with van der Waals surface area (Å²) in [6, 6.07) is 9.41. The third-order valence-electron chi connectivity index (χ3n) is 2.24. The molecule has 1 amide bonds. The van der Waals surface area contributed by atoms with E-state index in [4.69, 9.17) is 0 Å². The molecule has 0 aliphatic heterocycles. The Morgan fingerprint density at radius 1 is 1.22 bits per heavy atom. The molecular weight excluding hydrogens is 252 g/mol. The van der Waals surface area contributed by atoms with E-state index in [0.717, 1.165) is 0 Å². The van der Waals surface area contributed by atoms with Gasteiger partial charge in [0.05, 0.1) is 11.3 Å². The van der Waals surface area contributed by atoms with Gasteiger partial charge >= 0.3 is 0 Å². The molecule has 2 rings (SSSR count). The van der Waals surface area contributed by atoms with Crippen molar-refractivity contribution in [2.45, 2.75) is 4.90 Å². The summed E-state index contributed by atoms with van der Waals surface area (Å²) in [5.74, 6) is -0.402. The van der Waals surface area contributed by atoms with Crippen molar-refractivity contribution in [2.75, 3.05) is 5.32 Å². The predicted octanol–water partition coefficient (Wildman–Crippen LogP) is 1.57. The van der Waals surface area contributed by atoms with E-state index < -0.39 is 17.0 Å². The minimum atomic E-state index is -2.39. The molecule has 0 aliphatic carbocycles. The number of nitrogens with one attached hydrogen (secondary N) is 1. The molecule has 1 aromatic carbocycles. The fraction of sp³-hybridized carbons (Fsp3) is 0. The number of carbonyl (C=O) groups is 1. The van der Waals surface area contributed by atoms with Crippen LogP contribution in [0.1, 0.15) is 10.4 Å². The first-order valence-electron chi connectivity index (χ1n) is 5.08. The van der Waals surface area contributed by atoms with Gasteiger partial charge in [-0.05, 0) is 35.3 Å². The van der Waals surface area contributed by atoms with Gasteiger partial charge in [0.1, 0.15) is 0 Å². The summed E-state index contributed by atoms with van der Waals surface area (Å²) in [6.07, 6.45) is 2.96. The lowest BCUT2D eigenvalue weighted by Crippen LogP contribution is -2.13. The van der Waals surface area contributed by atoms with Crippen molar-refractivity contribution in [3.05, 3.63) is 54.4 Å². The molecule has 0 saturated carbocycles. The SMILES string of the molecule is O=C(Nc1ccccc1S(=O)[O-])c1cccnc1. The van der Waals surface area contributed by atoms with E-state index in [1.54, 1.807) is 30.5 Å². The lowest BCUT2D eigenvalue weighted by Gasteiger charge is -2.12. The summed E-state index contributed by atoms with van der Waals surface area (Å²) < 4.78 is 22.0. The average molecular weight is 261 g/mol. The van der Waals surface area contributed by atoms with E-state index in [9.17, 15) is 13.6 Å². The maximum Gasteiger partial charge on any atom is 0.257 e. The molecule has 2 aromatic rings. The normalized spacial score (nSPS) is 11.8. The van der Waals surface area contributed by atoms with E-state index in [1.165, 1.54) is 18.3 Å². The Hall–Kier alpha value is -2.05. The van der Waals surface area contributed by atoms with Crippen LogP contribution >= 0.6 is 0 Å². The van der Waals surface area contributed by atoms with Gasteiger partial charge in [-0.25, -0.2) is 0 Å². The van der Waals surface area contributed by atoms with E-state index >= 15 is 0 Å². The summed E-state index contributed by atoms with van der Waals surface area (Å²) >= 11 is -2.39. The molecule has 1 heterocycles. The van der Waals surface area contributed by atoms with Gasteiger partial charge in [-0.1, -0.05) is 12.1 Å². The monoisotopic (exact) mass is 261 g/mol. The van der Waals surface area contributed by atoms with Crippen LogP contribution in [0.15, 0.2) is 53.7 Å². The van der Waals surface area contributed by atoms with Gasteiger partial charge in [-0.15, -0.1) is 0 Å². The Morgan fingerprint density at radius 2 is 2.00 bits per heavy atom. The largest absolute Gasteiger partial charge is 0.768 e. The molecule has 1 N–H and O–H groups in total. The highest BCUT2D eigenvalue weighted by Crippen LogP contribution is 2.18. The second-order valence-corrected chi connectivity index (χ2v) is 4.34. The number of pyridine rings is 1. The van der Waals surface area contributed by atoms with Crippen molar-refractivity contribution >= 4 is 22.7 Å². The lowest BCUT2D eigenvalue weighted by atomic mass is 10.2. The van der Waals surface area contributed by atoms with E-state index in [-0.39, 0.29) is 10.6 Å². The highest BCUT2D eigenvalue weighted by molar-refractivity contribution is 7.79. The smallest absolute Gasteiger partial charge is 0.257 e. The number of hydrogen-bond acceptors (Lipinski definition) is 4. The second-order valence-electron chi connectivity index (χ2n) is 3.43. The summed E-state index contributed by atoms with van der Waals surface area (Å²) in [6.45, 7) is 0. The van der Waals surface area contributed by atoms with Gasteiger partial charge in [0.15, 0.2) is 0 Å². The maximum absolute atomic E-state index is 11.8. The average Bonchev–Trinajstić information content (AvgIpc) is 2.40. The number of nitrogens with zero attached hydrogens (tertiary/aromatic N) is 1. The first-order chi connectivity index (χ1) is 8.68. The van der Waals surface area contributed by atoms with Crippen LogP contribution in [0.25, 0.3) is 0 Å². The van der Waals surface area contributed by atoms with Crippen LogP contribution in [0.4, 0.5) is 5.69 Å². The molecule has 1 unspecified atom stereocenters. The van der Waals surface area contributed by atoms with Gasteiger partial charge in [0, 0.05) is 17.3 Å². The Kier molecular flexibility index (Phi) is 3.81. The number of carbonyl (C=O) groups excluding carboxylic acids is 1. The molecule has 0 spiro atoms. The van der Waals surface area contributed by atoms with Crippen LogP contribution < -0.4 is 5.32 Å². The summed E-state index contributed by atoms with van der Waals surface area (Å²) in [4.78, 5) is 15.7. The minimum absolute atomic E-state index is 0.0507. The lowest BCUT2D eigenvalue weighted by molar-refractivity contribution is 0.102. The number of hydrogen-bond donors (Lipinski definition) is 1. The van der Waals surface area contributed by atoms with Crippen LogP contribution in [-0.4, -0.2) is 19.7 Å². The number of aromatic nitrogens is 1. The zero-order chi connectivity index (χ0) is 13.0. The molecule has 0 saturated heterocycles. The van der Waals surface area contributed by atoms with Gasteiger partial charge < -0.3 is 9.87 Å². The van der Waals surface area contributed by atoms with Crippen molar-refractivity contribution in [1.29, 1.82) is 0 Å². The fourth-order valence-electron chi connectivity index (χ4n) is 1.41. The zero-order valence-corrected chi connectivity index (χ0v) is 10.0. The highest BCUT2D eigenvalue weighted by atomic mass is 32.2. The molecule has 0 radical (unpaired) electrons. The highest BCUT2D eigenvalue weighted by Gasteiger charge is 2.08. The number of rotatable bonds is 3. The van der Waals surface area contributed by atoms with Crippen LogP contribution in [-0.2, 0) is 11.1 Å². The minimum Gasteiger partial charge on any atom is -0.768 e. The fourth-order valence-corrected chi connectivity index (χ4v) is 1.90. The second kappa shape index (κ2) is 5.52. The predicted molar refractivity (Wildman–Crippen MR) is 65.8 cm³/mol. The summed E-state index contributed by atoms with van der Waals surface area (Å²) in [5, 5.41) is 2.54. The molecular formula is C12H9N2O3S-. The van der Waals surface area contributed by atoms with Crippen molar-refractivity contribution in [3.63, 3.8) is 0 Å². The first-order valence-corrected chi connectivity index (χ1v) is 6.15. The molecule has 18 heavy (non-hydrogen) atoms. The first kappa shape index (κ1) is 12.4. The topological polar surface area (TPSA) is 82.1 Å². The number of benzene rings is 1. The quantitative estimate of drug-likeness (QED) is 0.850. The molecule has 0 bridgehead atoms. The van der Waals surface area contributed by atoms with E-state index in [1.807, 2.05) is 0 Å². The molecule has 0 fully saturated rings. The van der Waals surface area contributed by atoms with Gasteiger partial charge in [-0.2, -0.15) is 0 Å². The van der Waals surface area contributed by atoms with Crippen molar-refractivity contribution in [1.82, 2.24) is 4.98 Å². The molecule has 0 aliphatic rings. The number of amides is 1. The van der Waals surface area contributed by atoms with Crippen LogP contribution in [0.3, 0.4) is 0 Å². The summed E-state index contributed by atoms with van der Waals surface area (Å²) in [5.41, 5.74) is 0.615.